The average molecular weight is 198 g/mol. The average Bonchev–Trinajstić information content (AvgIpc) is 2.07. The van der Waals surface area contributed by atoms with Crippen molar-refractivity contribution >= 4 is 0 Å². The van der Waals surface area contributed by atoms with E-state index in [1.807, 2.05) is 0 Å². The molecule has 4 N–H and O–H groups in total. The van der Waals surface area contributed by atoms with Crippen LogP contribution in [0, 0.1) is 5.41 Å². The fraction of sp³-hybridized carbons (Fsp3) is 1.00. The Balaban J connectivity index is 2.05. The molecular formula is C11H22N2O. The minimum absolute atomic E-state index is 0.340. The van der Waals surface area contributed by atoms with Gasteiger partial charge in [-0.3, -0.25) is 0 Å². The van der Waals surface area contributed by atoms with Crippen LogP contribution in [0.3, 0.4) is 0 Å². The summed E-state index contributed by atoms with van der Waals surface area (Å²) in [6, 6.07) is 0. The summed E-state index contributed by atoms with van der Waals surface area (Å²) in [6.07, 6.45) is 4.17. The molecule has 1 aliphatic heterocycles. The highest BCUT2D eigenvalue weighted by Crippen LogP contribution is 2.44. The number of hydrogen-bond donors (Lipinski definition) is 3. The maximum atomic E-state index is 10.3. The van der Waals surface area contributed by atoms with Gasteiger partial charge in [0.15, 0.2) is 0 Å². The molecule has 0 amide bonds. The Morgan fingerprint density at radius 2 is 1.57 bits per heavy atom. The number of aliphatic hydroxyl groups is 1. The number of rotatable bonds is 1. The molecule has 0 bridgehead atoms. The van der Waals surface area contributed by atoms with E-state index in [0.29, 0.717) is 18.5 Å². The predicted molar refractivity (Wildman–Crippen MR) is 57.0 cm³/mol. The van der Waals surface area contributed by atoms with Crippen LogP contribution in [0.1, 0.15) is 39.5 Å². The van der Waals surface area contributed by atoms with E-state index in [-0.39, 0.29) is 5.54 Å². The first kappa shape index (κ1) is 10.4. The molecule has 82 valence electrons. The van der Waals surface area contributed by atoms with E-state index in [1.165, 1.54) is 0 Å². The normalized spacial score (nSPS) is 33.4. The van der Waals surface area contributed by atoms with Gasteiger partial charge in [-0.15, -0.1) is 0 Å². The number of nitrogens with two attached hydrogens (primary N) is 1. The Bertz CT molecular complexity index is 223. The highest BCUT2D eigenvalue weighted by molar-refractivity contribution is 5.13. The van der Waals surface area contributed by atoms with Crippen molar-refractivity contribution in [2.24, 2.45) is 11.1 Å². The zero-order valence-electron chi connectivity index (χ0n) is 9.27. The van der Waals surface area contributed by atoms with Crippen LogP contribution < -0.4 is 11.1 Å². The molecule has 2 aliphatic rings. The highest BCUT2D eigenvalue weighted by Gasteiger charge is 2.53. The highest BCUT2D eigenvalue weighted by atomic mass is 16.3. The maximum Gasteiger partial charge on any atom is 0.107 e. The third kappa shape index (κ3) is 1.47. The van der Waals surface area contributed by atoms with Crippen molar-refractivity contribution in [3.63, 3.8) is 0 Å². The van der Waals surface area contributed by atoms with Gasteiger partial charge in [-0.25, -0.2) is 0 Å². The van der Waals surface area contributed by atoms with E-state index in [1.54, 1.807) is 0 Å². The molecule has 0 atom stereocenters. The predicted octanol–water partition coefficient (Wildman–Crippen LogP) is 0.618. The first-order chi connectivity index (χ1) is 6.37. The molecule has 0 radical (unpaired) electrons. The molecule has 2 rings (SSSR count). The molecule has 0 aromatic rings. The molecular weight excluding hydrogens is 176 g/mol. The lowest BCUT2D eigenvalue weighted by atomic mass is 9.62. The lowest BCUT2D eigenvalue weighted by Gasteiger charge is -2.54. The second-order valence-corrected chi connectivity index (χ2v) is 5.96. The van der Waals surface area contributed by atoms with Crippen molar-refractivity contribution in [3.8, 4) is 0 Å². The lowest BCUT2D eigenvalue weighted by Crippen LogP contribution is -2.76. The molecule has 0 unspecified atom stereocenters. The van der Waals surface area contributed by atoms with Gasteiger partial charge in [0.25, 0.3) is 0 Å². The molecule has 1 saturated carbocycles. The summed E-state index contributed by atoms with van der Waals surface area (Å²) in [7, 11) is 0. The second-order valence-electron chi connectivity index (χ2n) is 5.96. The Hall–Kier alpha value is -0.120. The van der Waals surface area contributed by atoms with Crippen LogP contribution in [0.25, 0.3) is 0 Å². The van der Waals surface area contributed by atoms with Gasteiger partial charge in [-0.05, 0) is 31.1 Å². The summed E-state index contributed by atoms with van der Waals surface area (Å²) >= 11 is 0. The van der Waals surface area contributed by atoms with E-state index < -0.39 is 5.60 Å². The Morgan fingerprint density at radius 1 is 1.07 bits per heavy atom. The fourth-order valence-electron chi connectivity index (χ4n) is 2.55. The molecule has 0 aromatic carbocycles. The summed E-state index contributed by atoms with van der Waals surface area (Å²) in [5.74, 6) is 0. The van der Waals surface area contributed by atoms with Gasteiger partial charge in [0.2, 0.25) is 0 Å². The molecule has 3 nitrogen and oxygen atoms in total. The van der Waals surface area contributed by atoms with E-state index in [4.69, 9.17) is 5.73 Å². The Kier molecular flexibility index (Phi) is 2.18. The summed E-state index contributed by atoms with van der Waals surface area (Å²) < 4.78 is 0. The van der Waals surface area contributed by atoms with Crippen molar-refractivity contribution < 1.29 is 5.11 Å². The van der Waals surface area contributed by atoms with Crippen LogP contribution in [0.4, 0.5) is 0 Å². The van der Waals surface area contributed by atoms with Gasteiger partial charge in [0.05, 0.1) is 0 Å². The maximum absolute atomic E-state index is 10.3. The summed E-state index contributed by atoms with van der Waals surface area (Å²) in [4.78, 5) is 0. The number of nitrogens with one attached hydrogen (secondary N) is 1. The van der Waals surface area contributed by atoms with Crippen molar-refractivity contribution in [2.75, 3.05) is 13.1 Å². The molecule has 1 aliphatic carbocycles. The largest absolute Gasteiger partial charge is 0.385 e. The van der Waals surface area contributed by atoms with Crippen LogP contribution in [-0.4, -0.2) is 29.3 Å². The summed E-state index contributed by atoms with van der Waals surface area (Å²) in [5, 5.41) is 13.4. The molecule has 0 aromatic heterocycles. The van der Waals surface area contributed by atoms with Gasteiger partial charge in [0.1, 0.15) is 5.60 Å². The summed E-state index contributed by atoms with van der Waals surface area (Å²) in [6.45, 7) is 5.92. The van der Waals surface area contributed by atoms with Crippen LogP contribution in [0.5, 0.6) is 0 Å². The first-order valence-corrected chi connectivity index (χ1v) is 5.59. The SMILES string of the molecule is CC1(C)CCC(N)(C2(O)CNC2)CC1. The summed E-state index contributed by atoms with van der Waals surface area (Å²) in [5.41, 5.74) is 5.77. The van der Waals surface area contributed by atoms with Gasteiger partial charge >= 0.3 is 0 Å². The topological polar surface area (TPSA) is 58.3 Å². The fourth-order valence-corrected chi connectivity index (χ4v) is 2.55. The molecule has 3 heteroatoms. The van der Waals surface area contributed by atoms with E-state index in [9.17, 15) is 5.11 Å². The van der Waals surface area contributed by atoms with Crippen molar-refractivity contribution in [1.82, 2.24) is 5.32 Å². The number of hydrogen-bond acceptors (Lipinski definition) is 3. The zero-order valence-corrected chi connectivity index (χ0v) is 9.27. The molecule has 2 fully saturated rings. The van der Waals surface area contributed by atoms with E-state index in [2.05, 4.69) is 19.2 Å². The monoisotopic (exact) mass is 198 g/mol. The standard InChI is InChI=1S/C11H22N2O/c1-9(2)3-5-10(12,6-4-9)11(14)7-13-8-11/h13-14H,3-8,12H2,1-2H3. The van der Waals surface area contributed by atoms with Crippen LogP contribution >= 0.6 is 0 Å². The van der Waals surface area contributed by atoms with Crippen LogP contribution in [0.2, 0.25) is 0 Å². The quantitative estimate of drug-likeness (QED) is 0.579. The van der Waals surface area contributed by atoms with E-state index in [0.717, 1.165) is 25.7 Å². The molecule has 1 saturated heterocycles. The minimum Gasteiger partial charge on any atom is -0.385 e. The lowest BCUT2D eigenvalue weighted by molar-refractivity contribution is -0.0978. The molecule has 0 spiro atoms. The molecule has 14 heavy (non-hydrogen) atoms. The smallest absolute Gasteiger partial charge is 0.107 e. The third-order valence-electron chi connectivity index (χ3n) is 4.26. The van der Waals surface area contributed by atoms with Crippen LogP contribution in [-0.2, 0) is 0 Å². The third-order valence-corrected chi connectivity index (χ3v) is 4.26. The second kappa shape index (κ2) is 2.94. The van der Waals surface area contributed by atoms with Crippen molar-refractivity contribution in [3.05, 3.63) is 0 Å². The van der Waals surface area contributed by atoms with Gasteiger partial charge in [-0.1, -0.05) is 13.8 Å². The Labute approximate surface area is 86.1 Å². The van der Waals surface area contributed by atoms with Gasteiger partial charge < -0.3 is 16.2 Å². The Morgan fingerprint density at radius 3 is 1.93 bits per heavy atom. The minimum atomic E-state index is -0.635. The first-order valence-electron chi connectivity index (χ1n) is 5.59. The number of β-amino-alcohol motifs (C(OH)–C–C–N with tert-alkyl or cyclic N) is 1. The van der Waals surface area contributed by atoms with Crippen molar-refractivity contribution in [1.29, 1.82) is 0 Å². The van der Waals surface area contributed by atoms with Crippen molar-refractivity contribution in [2.45, 2.75) is 50.7 Å². The van der Waals surface area contributed by atoms with Gasteiger partial charge in [0, 0.05) is 18.6 Å². The molecule has 1 heterocycles. The van der Waals surface area contributed by atoms with Gasteiger partial charge in [-0.2, -0.15) is 0 Å². The van der Waals surface area contributed by atoms with Crippen LogP contribution in [0.15, 0.2) is 0 Å². The van der Waals surface area contributed by atoms with E-state index >= 15 is 0 Å². The zero-order chi connectivity index (χ0) is 10.4.